The average molecular weight is 395 g/mol. The van der Waals surface area contributed by atoms with E-state index in [4.69, 9.17) is 9.15 Å². The molecule has 0 amide bonds. The molecule has 0 bridgehead atoms. The SMILES string of the molecule is COc1cccc2cc(-c3cc[n+](Cc4ccc(Br)cc4)cc3)oc12. The van der Waals surface area contributed by atoms with Crippen LogP contribution >= 0.6 is 15.9 Å². The molecule has 124 valence electrons. The maximum atomic E-state index is 6.01. The Morgan fingerprint density at radius 1 is 1.00 bits per heavy atom. The molecule has 0 unspecified atom stereocenters. The molecule has 0 N–H and O–H groups in total. The van der Waals surface area contributed by atoms with E-state index < -0.39 is 0 Å². The van der Waals surface area contributed by atoms with Crippen molar-refractivity contribution in [3.05, 3.63) is 83.1 Å². The molecule has 2 aromatic carbocycles. The van der Waals surface area contributed by atoms with Gasteiger partial charge in [0.05, 0.1) is 7.11 Å². The van der Waals surface area contributed by atoms with Crippen LogP contribution in [0.25, 0.3) is 22.3 Å². The molecule has 2 heterocycles. The van der Waals surface area contributed by atoms with Gasteiger partial charge in [-0.3, -0.25) is 0 Å². The molecule has 0 saturated heterocycles. The molecular weight excluding hydrogens is 378 g/mol. The van der Waals surface area contributed by atoms with Crippen LogP contribution in [0, 0.1) is 0 Å². The van der Waals surface area contributed by atoms with Gasteiger partial charge >= 0.3 is 0 Å². The number of nitrogens with zero attached hydrogens (tertiary/aromatic N) is 1. The summed E-state index contributed by atoms with van der Waals surface area (Å²) in [7, 11) is 1.66. The van der Waals surface area contributed by atoms with Crippen molar-refractivity contribution in [2.24, 2.45) is 0 Å². The first-order valence-electron chi connectivity index (χ1n) is 8.03. The van der Waals surface area contributed by atoms with Crippen LogP contribution < -0.4 is 9.30 Å². The summed E-state index contributed by atoms with van der Waals surface area (Å²) in [5, 5.41) is 1.04. The summed E-state index contributed by atoms with van der Waals surface area (Å²) in [6, 6.07) is 20.5. The predicted molar refractivity (Wildman–Crippen MR) is 102 cm³/mol. The molecule has 4 rings (SSSR count). The predicted octanol–water partition coefficient (Wildman–Crippen LogP) is 5.21. The third-order valence-corrected chi connectivity index (χ3v) is 4.71. The first-order chi connectivity index (χ1) is 12.2. The highest BCUT2D eigenvalue weighted by Crippen LogP contribution is 2.32. The number of halogens is 1. The van der Waals surface area contributed by atoms with Crippen molar-refractivity contribution in [1.82, 2.24) is 0 Å². The van der Waals surface area contributed by atoms with Crippen molar-refractivity contribution in [3.63, 3.8) is 0 Å². The number of furan rings is 1. The molecule has 0 radical (unpaired) electrons. The first kappa shape index (κ1) is 15.9. The van der Waals surface area contributed by atoms with Gasteiger partial charge in [-0.05, 0) is 24.3 Å². The van der Waals surface area contributed by atoms with Crippen LogP contribution in [-0.2, 0) is 6.54 Å². The molecule has 2 aromatic heterocycles. The first-order valence-corrected chi connectivity index (χ1v) is 8.83. The molecule has 3 nitrogen and oxygen atoms in total. The lowest BCUT2D eigenvalue weighted by Crippen LogP contribution is -2.32. The lowest BCUT2D eigenvalue weighted by molar-refractivity contribution is -0.688. The number of para-hydroxylation sites is 1. The zero-order chi connectivity index (χ0) is 17.2. The molecular formula is C21H17BrNO2+. The van der Waals surface area contributed by atoms with Crippen molar-refractivity contribution in [2.75, 3.05) is 7.11 Å². The molecule has 0 aliphatic carbocycles. The van der Waals surface area contributed by atoms with Gasteiger partial charge < -0.3 is 9.15 Å². The average Bonchev–Trinajstić information content (AvgIpc) is 3.08. The monoisotopic (exact) mass is 394 g/mol. The number of methoxy groups -OCH3 is 1. The number of ether oxygens (including phenoxy) is 1. The Hall–Kier alpha value is -2.59. The zero-order valence-corrected chi connectivity index (χ0v) is 15.4. The minimum absolute atomic E-state index is 0.755. The van der Waals surface area contributed by atoms with Gasteiger partial charge in [0.2, 0.25) is 0 Å². The van der Waals surface area contributed by atoms with E-state index in [0.29, 0.717) is 0 Å². The molecule has 0 fully saturated rings. The third kappa shape index (κ3) is 3.30. The van der Waals surface area contributed by atoms with Crippen molar-refractivity contribution >= 4 is 26.9 Å². The number of rotatable bonds is 4. The Morgan fingerprint density at radius 2 is 1.76 bits per heavy atom. The van der Waals surface area contributed by atoms with Crippen LogP contribution in [0.15, 0.2) is 81.9 Å². The summed E-state index contributed by atoms with van der Waals surface area (Å²) in [5.41, 5.74) is 3.09. The van der Waals surface area contributed by atoms with E-state index in [1.165, 1.54) is 5.56 Å². The van der Waals surface area contributed by atoms with E-state index in [-0.39, 0.29) is 0 Å². The van der Waals surface area contributed by atoms with Crippen LogP contribution in [0.4, 0.5) is 0 Å². The summed E-state index contributed by atoms with van der Waals surface area (Å²) >= 11 is 3.46. The van der Waals surface area contributed by atoms with E-state index in [2.05, 4.69) is 69.3 Å². The van der Waals surface area contributed by atoms with E-state index in [1.54, 1.807) is 7.11 Å². The number of aromatic nitrogens is 1. The highest BCUT2D eigenvalue weighted by molar-refractivity contribution is 9.10. The number of fused-ring (bicyclic) bond motifs is 1. The van der Waals surface area contributed by atoms with Gasteiger partial charge in [-0.25, -0.2) is 4.57 Å². The minimum atomic E-state index is 0.755. The Labute approximate surface area is 154 Å². The summed E-state index contributed by atoms with van der Waals surface area (Å²) in [6.45, 7) is 0.835. The molecule has 25 heavy (non-hydrogen) atoms. The lowest BCUT2D eigenvalue weighted by Gasteiger charge is -2.00. The summed E-state index contributed by atoms with van der Waals surface area (Å²) in [5.74, 6) is 1.60. The molecule has 0 aliphatic rings. The normalized spacial score (nSPS) is 11.0. The molecule has 0 aliphatic heterocycles. The Morgan fingerprint density at radius 3 is 2.48 bits per heavy atom. The highest BCUT2D eigenvalue weighted by Gasteiger charge is 2.11. The van der Waals surface area contributed by atoms with Gasteiger partial charge in [-0.2, -0.15) is 0 Å². The third-order valence-electron chi connectivity index (χ3n) is 4.18. The summed E-state index contributed by atoms with van der Waals surface area (Å²) in [6.07, 6.45) is 4.14. The van der Waals surface area contributed by atoms with Crippen molar-refractivity contribution < 1.29 is 13.7 Å². The lowest BCUT2D eigenvalue weighted by atomic mass is 10.2. The Kier molecular flexibility index (Phi) is 4.28. The maximum absolute atomic E-state index is 6.01. The molecule has 0 saturated carbocycles. The second-order valence-corrected chi connectivity index (χ2v) is 6.79. The van der Waals surface area contributed by atoms with Crippen molar-refractivity contribution in [2.45, 2.75) is 6.54 Å². The van der Waals surface area contributed by atoms with Crippen LogP contribution in [0.3, 0.4) is 0 Å². The standard InChI is InChI=1S/C21H17BrNO2/c1-24-19-4-2-3-17-13-20(25-21(17)19)16-9-11-23(12-10-16)14-15-5-7-18(22)8-6-15/h2-13H,14H2,1H3/q+1. The quantitative estimate of drug-likeness (QED) is 0.444. The fourth-order valence-electron chi connectivity index (χ4n) is 2.87. The molecule has 4 heteroatoms. The van der Waals surface area contributed by atoms with Gasteiger partial charge in [-0.15, -0.1) is 0 Å². The fourth-order valence-corrected chi connectivity index (χ4v) is 3.13. The minimum Gasteiger partial charge on any atom is -0.493 e. The number of hydrogen-bond donors (Lipinski definition) is 0. The van der Waals surface area contributed by atoms with E-state index in [1.807, 2.05) is 24.3 Å². The second kappa shape index (κ2) is 6.73. The second-order valence-electron chi connectivity index (χ2n) is 5.87. The smallest absolute Gasteiger partial charge is 0.176 e. The molecule has 0 spiro atoms. The van der Waals surface area contributed by atoms with Crippen LogP contribution in [0.2, 0.25) is 0 Å². The van der Waals surface area contributed by atoms with Crippen molar-refractivity contribution in [3.8, 4) is 17.1 Å². The van der Waals surface area contributed by atoms with E-state index in [9.17, 15) is 0 Å². The summed E-state index contributed by atoms with van der Waals surface area (Å²) in [4.78, 5) is 0. The van der Waals surface area contributed by atoms with Gasteiger partial charge in [-0.1, -0.05) is 40.2 Å². The number of benzene rings is 2. The van der Waals surface area contributed by atoms with Crippen molar-refractivity contribution in [1.29, 1.82) is 0 Å². The summed E-state index contributed by atoms with van der Waals surface area (Å²) < 4.78 is 14.6. The molecule has 0 atom stereocenters. The Bertz CT molecular complexity index is 1000. The zero-order valence-electron chi connectivity index (χ0n) is 13.8. The van der Waals surface area contributed by atoms with E-state index in [0.717, 1.165) is 39.1 Å². The topological polar surface area (TPSA) is 26.2 Å². The van der Waals surface area contributed by atoms with Gasteiger partial charge in [0.15, 0.2) is 30.3 Å². The fraction of sp³-hybridized carbons (Fsp3) is 0.0952. The van der Waals surface area contributed by atoms with Gasteiger partial charge in [0.25, 0.3) is 0 Å². The van der Waals surface area contributed by atoms with Crippen LogP contribution in [0.1, 0.15) is 5.56 Å². The number of hydrogen-bond acceptors (Lipinski definition) is 2. The Balaban J connectivity index is 1.60. The maximum Gasteiger partial charge on any atom is 0.176 e. The highest BCUT2D eigenvalue weighted by atomic mass is 79.9. The van der Waals surface area contributed by atoms with Gasteiger partial charge in [0, 0.05) is 33.1 Å². The largest absolute Gasteiger partial charge is 0.493 e. The van der Waals surface area contributed by atoms with Crippen LogP contribution in [0.5, 0.6) is 5.75 Å². The van der Waals surface area contributed by atoms with E-state index >= 15 is 0 Å². The number of pyridine rings is 1. The molecule has 4 aromatic rings. The van der Waals surface area contributed by atoms with Crippen LogP contribution in [-0.4, -0.2) is 7.11 Å². The van der Waals surface area contributed by atoms with Gasteiger partial charge in [0.1, 0.15) is 5.76 Å².